The van der Waals surface area contributed by atoms with E-state index in [4.69, 9.17) is 0 Å². The van der Waals surface area contributed by atoms with E-state index in [1.165, 1.54) is 5.56 Å². The molecule has 1 aromatic carbocycles. The van der Waals surface area contributed by atoms with Crippen LogP contribution < -0.4 is 5.32 Å². The standard InChI is InChI=1S/C8H9NO2S/c10-12(11)8-2-1-6-4-9-5-7(6)3-8/h1-3,9,12H,4-5H2. The smallest absolute Gasteiger partial charge is 0.168 e. The maximum absolute atomic E-state index is 10.6. The summed E-state index contributed by atoms with van der Waals surface area (Å²) >= 11 is 0. The summed E-state index contributed by atoms with van der Waals surface area (Å²) in [6.07, 6.45) is 0. The number of nitrogens with one attached hydrogen (secondary N) is 1. The predicted octanol–water partition coefficient (Wildman–Crippen LogP) is 0.260. The number of thiol groups is 1. The van der Waals surface area contributed by atoms with Crippen LogP contribution in [0.4, 0.5) is 0 Å². The third kappa shape index (κ3) is 1.23. The molecule has 1 heterocycles. The van der Waals surface area contributed by atoms with Gasteiger partial charge in [-0.3, -0.25) is 0 Å². The fourth-order valence-corrected chi connectivity index (χ4v) is 1.85. The monoisotopic (exact) mass is 183 g/mol. The first-order valence-electron chi connectivity index (χ1n) is 3.74. The lowest BCUT2D eigenvalue weighted by molar-refractivity contribution is 0.614. The molecule has 0 bridgehead atoms. The largest absolute Gasteiger partial charge is 0.309 e. The quantitative estimate of drug-likeness (QED) is 0.614. The van der Waals surface area contributed by atoms with Gasteiger partial charge in [-0.15, -0.1) is 0 Å². The second-order valence-electron chi connectivity index (χ2n) is 2.81. The summed E-state index contributed by atoms with van der Waals surface area (Å²) in [6.45, 7) is 1.64. The van der Waals surface area contributed by atoms with Crippen LogP contribution in [0.25, 0.3) is 0 Å². The Morgan fingerprint density at radius 1 is 1.17 bits per heavy atom. The van der Waals surface area contributed by atoms with Gasteiger partial charge in [-0.2, -0.15) is 0 Å². The first kappa shape index (κ1) is 7.76. The van der Waals surface area contributed by atoms with Gasteiger partial charge in [0.25, 0.3) is 0 Å². The van der Waals surface area contributed by atoms with E-state index in [1.54, 1.807) is 12.1 Å². The van der Waals surface area contributed by atoms with Gasteiger partial charge in [-0.25, -0.2) is 8.42 Å². The Hall–Kier alpha value is -0.870. The van der Waals surface area contributed by atoms with Crippen molar-refractivity contribution in [3.8, 4) is 0 Å². The van der Waals surface area contributed by atoms with Crippen molar-refractivity contribution in [2.45, 2.75) is 18.0 Å². The van der Waals surface area contributed by atoms with Gasteiger partial charge in [-0.1, -0.05) is 6.07 Å². The van der Waals surface area contributed by atoms with E-state index in [9.17, 15) is 8.42 Å². The van der Waals surface area contributed by atoms with Crippen molar-refractivity contribution in [1.82, 2.24) is 5.32 Å². The fourth-order valence-electron chi connectivity index (χ4n) is 1.39. The molecule has 2 rings (SSSR count). The average Bonchev–Trinajstić information content (AvgIpc) is 2.49. The van der Waals surface area contributed by atoms with Crippen LogP contribution in [0.2, 0.25) is 0 Å². The summed E-state index contributed by atoms with van der Waals surface area (Å²) in [6, 6.07) is 5.26. The average molecular weight is 183 g/mol. The normalized spacial score (nSPS) is 15.1. The molecule has 1 aliphatic heterocycles. The molecule has 0 fully saturated rings. The predicted molar refractivity (Wildman–Crippen MR) is 45.6 cm³/mol. The molecule has 0 unspecified atom stereocenters. The summed E-state index contributed by atoms with van der Waals surface area (Å²) in [5.41, 5.74) is 2.31. The molecule has 0 aromatic heterocycles. The number of fused-ring (bicyclic) bond motifs is 1. The summed E-state index contributed by atoms with van der Waals surface area (Å²) < 4.78 is 21.2. The van der Waals surface area contributed by atoms with Crippen molar-refractivity contribution in [2.24, 2.45) is 0 Å². The number of hydrogen-bond donors (Lipinski definition) is 2. The van der Waals surface area contributed by atoms with Crippen LogP contribution in [-0.4, -0.2) is 8.42 Å². The highest BCUT2D eigenvalue weighted by Crippen LogP contribution is 2.17. The van der Waals surface area contributed by atoms with E-state index in [0.717, 1.165) is 18.7 Å². The summed E-state index contributed by atoms with van der Waals surface area (Å²) in [4.78, 5) is 0.410. The maximum Gasteiger partial charge on any atom is 0.168 e. The van der Waals surface area contributed by atoms with Gasteiger partial charge in [0.15, 0.2) is 10.7 Å². The number of benzene rings is 1. The molecule has 4 heteroatoms. The zero-order valence-electron chi connectivity index (χ0n) is 6.41. The van der Waals surface area contributed by atoms with E-state index >= 15 is 0 Å². The second-order valence-corrected chi connectivity index (χ2v) is 3.84. The van der Waals surface area contributed by atoms with Crippen LogP contribution in [0.3, 0.4) is 0 Å². The lowest BCUT2D eigenvalue weighted by Crippen LogP contribution is -1.99. The molecule has 0 aliphatic carbocycles. The van der Waals surface area contributed by atoms with Crippen molar-refractivity contribution in [2.75, 3.05) is 0 Å². The molecule has 0 saturated carbocycles. The molecule has 1 aliphatic rings. The first-order chi connectivity index (χ1) is 5.77. The molecule has 0 amide bonds. The molecule has 0 saturated heterocycles. The molecular weight excluding hydrogens is 174 g/mol. The lowest BCUT2D eigenvalue weighted by Gasteiger charge is -1.96. The zero-order valence-corrected chi connectivity index (χ0v) is 7.30. The highest BCUT2D eigenvalue weighted by Gasteiger charge is 2.10. The molecular formula is C8H9NO2S. The van der Waals surface area contributed by atoms with E-state index in [0.29, 0.717) is 4.90 Å². The van der Waals surface area contributed by atoms with Gasteiger partial charge in [0.05, 0.1) is 4.90 Å². The molecule has 1 aromatic rings. The van der Waals surface area contributed by atoms with Crippen molar-refractivity contribution in [3.05, 3.63) is 29.3 Å². The van der Waals surface area contributed by atoms with Crippen LogP contribution in [0, 0.1) is 0 Å². The Labute approximate surface area is 72.4 Å². The van der Waals surface area contributed by atoms with Crippen LogP contribution in [0.1, 0.15) is 11.1 Å². The van der Waals surface area contributed by atoms with Crippen molar-refractivity contribution >= 4 is 10.7 Å². The minimum atomic E-state index is -2.43. The fraction of sp³-hybridized carbons (Fsp3) is 0.250. The zero-order chi connectivity index (χ0) is 8.55. The van der Waals surface area contributed by atoms with Gasteiger partial charge in [0.1, 0.15) is 0 Å². The Bertz CT molecular complexity index is 377. The topological polar surface area (TPSA) is 46.2 Å². The first-order valence-corrected chi connectivity index (χ1v) is 4.92. The van der Waals surface area contributed by atoms with Gasteiger partial charge < -0.3 is 5.32 Å². The van der Waals surface area contributed by atoms with E-state index in [-0.39, 0.29) is 0 Å². The van der Waals surface area contributed by atoms with Gasteiger partial charge in [-0.05, 0) is 23.3 Å². The molecule has 0 radical (unpaired) electrons. The van der Waals surface area contributed by atoms with E-state index < -0.39 is 10.7 Å². The third-order valence-electron chi connectivity index (χ3n) is 2.03. The maximum atomic E-state index is 10.6. The van der Waals surface area contributed by atoms with Crippen LogP contribution in [0.5, 0.6) is 0 Å². The highest BCUT2D eigenvalue weighted by atomic mass is 32.2. The molecule has 64 valence electrons. The van der Waals surface area contributed by atoms with Crippen molar-refractivity contribution in [3.63, 3.8) is 0 Å². The minimum Gasteiger partial charge on any atom is -0.309 e. The Morgan fingerprint density at radius 3 is 2.67 bits per heavy atom. The highest BCUT2D eigenvalue weighted by molar-refractivity contribution is 7.72. The second kappa shape index (κ2) is 2.88. The molecule has 0 spiro atoms. The van der Waals surface area contributed by atoms with Gasteiger partial charge in [0.2, 0.25) is 0 Å². The molecule has 1 N–H and O–H groups in total. The number of hydrogen-bond acceptors (Lipinski definition) is 3. The molecule has 12 heavy (non-hydrogen) atoms. The van der Waals surface area contributed by atoms with E-state index in [1.807, 2.05) is 6.07 Å². The molecule has 0 atom stereocenters. The van der Waals surface area contributed by atoms with E-state index in [2.05, 4.69) is 5.32 Å². The van der Waals surface area contributed by atoms with Crippen LogP contribution >= 0.6 is 0 Å². The minimum absolute atomic E-state index is 0.410. The summed E-state index contributed by atoms with van der Waals surface area (Å²) in [5, 5.41) is 3.16. The van der Waals surface area contributed by atoms with Gasteiger partial charge >= 0.3 is 0 Å². The van der Waals surface area contributed by atoms with Crippen molar-refractivity contribution in [1.29, 1.82) is 0 Å². The summed E-state index contributed by atoms with van der Waals surface area (Å²) in [5.74, 6) is 0. The Kier molecular flexibility index (Phi) is 1.86. The third-order valence-corrected chi connectivity index (χ3v) is 2.73. The number of rotatable bonds is 1. The van der Waals surface area contributed by atoms with Gasteiger partial charge in [0, 0.05) is 13.1 Å². The summed E-state index contributed by atoms with van der Waals surface area (Å²) in [7, 11) is -2.43. The Balaban J connectivity index is 2.52. The SMILES string of the molecule is O=[SH](=O)c1ccc2c(c1)CNC2. The van der Waals surface area contributed by atoms with Crippen LogP contribution in [-0.2, 0) is 23.8 Å². The lowest BCUT2D eigenvalue weighted by atomic mass is 10.1. The molecule has 3 nitrogen and oxygen atoms in total. The van der Waals surface area contributed by atoms with Crippen molar-refractivity contribution < 1.29 is 8.42 Å². The van der Waals surface area contributed by atoms with Crippen LogP contribution in [0.15, 0.2) is 23.1 Å². The Morgan fingerprint density at radius 2 is 1.92 bits per heavy atom.